The van der Waals surface area contributed by atoms with Crippen LogP contribution in [0.3, 0.4) is 0 Å². The highest BCUT2D eigenvalue weighted by atomic mass is 19.4. The Kier molecular flexibility index (Phi) is 5.72. The molecule has 3 rings (SSSR count). The molecule has 0 aliphatic carbocycles. The fraction of sp³-hybridized carbons (Fsp3) is 0.263. The topological polar surface area (TPSA) is 72.7 Å². The molecule has 1 aromatic heterocycles. The van der Waals surface area contributed by atoms with Crippen molar-refractivity contribution in [1.29, 1.82) is 0 Å². The number of carbonyl (C=O) groups is 1. The number of nitrogens with zero attached hydrogens (tertiary/aromatic N) is 4. The van der Waals surface area contributed by atoms with E-state index >= 15 is 0 Å². The number of nitrogens with one attached hydrogen (secondary N) is 1. The molecule has 0 aliphatic rings. The van der Waals surface area contributed by atoms with Crippen LogP contribution in [0.2, 0.25) is 0 Å². The van der Waals surface area contributed by atoms with Crippen LogP contribution >= 0.6 is 0 Å². The van der Waals surface area contributed by atoms with Gasteiger partial charge in [0.1, 0.15) is 0 Å². The molecule has 146 valence electrons. The first-order valence-electron chi connectivity index (χ1n) is 8.59. The predicted octanol–water partition coefficient (Wildman–Crippen LogP) is 3.09. The zero-order valence-electron chi connectivity index (χ0n) is 15.1. The van der Waals surface area contributed by atoms with E-state index in [-0.39, 0.29) is 5.91 Å². The van der Waals surface area contributed by atoms with E-state index in [0.717, 1.165) is 28.8 Å². The Labute approximate surface area is 159 Å². The summed E-state index contributed by atoms with van der Waals surface area (Å²) >= 11 is 0. The number of aromatic nitrogens is 4. The molecule has 0 aliphatic heterocycles. The summed E-state index contributed by atoms with van der Waals surface area (Å²) < 4.78 is 38.2. The fourth-order valence-corrected chi connectivity index (χ4v) is 2.70. The first kappa shape index (κ1) is 19.5. The van der Waals surface area contributed by atoms with Gasteiger partial charge in [0.25, 0.3) is 0 Å². The number of rotatable bonds is 6. The van der Waals surface area contributed by atoms with Gasteiger partial charge in [0.2, 0.25) is 11.7 Å². The Morgan fingerprint density at radius 3 is 2.50 bits per heavy atom. The second kappa shape index (κ2) is 8.20. The van der Waals surface area contributed by atoms with Crippen molar-refractivity contribution in [2.45, 2.75) is 26.1 Å². The van der Waals surface area contributed by atoms with Gasteiger partial charge in [-0.05, 0) is 34.9 Å². The highest BCUT2D eigenvalue weighted by Gasteiger charge is 2.29. The largest absolute Gasteiger partial charge is 0.416 e. The smallest absolute Gasteiger partial charge is 0.354 e. The van der Waals surface area contributed by atoms with Crippen molar-refractivity contribution < 1.29 is 18.0 Å². The maximum Gasteiger partial charge on any atom is 0.416 e. The van der Waals surface area contributed by atoms with Gasteiger partial charge in [-0.15, -0.1) is 10.2 Å². The second-order valence-corrected chi connectivity index (χ2v) is 6.22. The van der Waals surface area contributed by atoms with Crippen LogP contribution in [0.1, 0.15) is 23.6 Å². The van der Waals surface area contributed by atoms with Crippen LogP contribution in [0.15, 0.2) is 48.5 Å². The van der Waals surface area contributed by atoms with E-state index < -0.39 is 11.7 Å². The van der Waals surface area contributed by atoms with Crippen LogP contribution in [0.4, 0.5) is 13.2 Å². The van der Waals surface area contributed by atoms with Crippen molar-refractivity contribution in [3.8, 4) is 11.4 Å². The van der Waals surface area contributed by atoms with E-state index in [9.17, 15) is 18.0 Å². The van der Waals surface area contributed by atoms with Gasteiger partial charge < -0.3 is 5.32 Å². The molecular weight excluding hydrogens is 371 g/mol. The fourth-order valence-electron chi connectivity index (χ4n) is 2.70. The van der Waals surface area contributed by atoms with Crippen molar-refractivity contribution in [3.63, 3.8) is 0 Å². The van der Waals surface area contributed by atoms with Crippen LogP contribution in [-0.4, -0.2) is 32.7 Å². The van der Waals surface area contributed by atoms with Crippen LogP contribution in [0.5, 0.6) is 0 Å². The average molecular weight is 389 g/mol. The molecule has 3 aromatic rings. The maximum absolute atomic E-state index is 12.7. The maximum atomic E-state index is 12.7. The summed E-state index contributed by atoms with van der Waals surface area (Å²) in [6.07, 6.45) is -3.91. The van der Waals surface area contributed by atoms with Crippen molar-refractivity contribution in [3.05, 3.63) is 65.2 Å². The number of halogens is 3. The molecule has 1 N–H and O–H groups in total. The van der Waals surface area contributed by atoms with E-state index in [1.165, 1.54) is 23.9 Å². The molecule has 0 unspecified atom stereocenters. The molecule has 1 amide bonds. The highest BCUT2D eigenvalue weighted by molar-refractivity contribution is 5.72. The Morgan fingerprint density at radius 1 is 1.11 bits per heavy atom. The molecule has 28 heavy (non-hydrogen) atoms. The minimum atomic E-state index is -4.35. The lowest BCUT2D eigenvalue weighted by molar-refractivity contribution is -0.137. The lowest BCUT2D eigenvalue weighted by atomic mass is 9.98. The minimum absolute atomic E-state index is 0.137. The van der Waals surface area contributed by atoms with Gasteiger partial charge in [-0.25, -0.2) is 0 Å². The first-order chi connectivity index (χ1) is 13.3. The summed E-state index contributed by atoms with van der Waals surface area (Å²) in [7, 11) is 0. The van der Waals surface area contributed by atoms with Crippen molar-refractivity contribution in [2.75, 3.05) is 6.54 Å². The number of benzene rings is 2. The highest BCUT2D eigenvalue weighted by Crippen LogP contribution is 2.30. The van der Waals surface area contributed by atoms with Gasteiger partial charge in [0.05, 0.1) is 12.1 Å². The molecule has 1 heterocycles. The summed E-state index contributed by atoms with van der Waals surface area (Å²) in [5, 5.41) is 15.0. The van der Waals surface area contributed by atoms with Gasteiger partial charge in [0, 0.05) is 19.0 Å². The normalized spacial score (nSPS) is 11.4. The number of tetrazole rings is 1. The Morgan fingerprint density at radius 2 is 1.82 bits per heavy atom. The van der Waals surface area contributed by atoms with Gasteiger partial charge in [-0.1, -0.05) is 36.4 Å². The number of hydrogen-bond acceptors (Lipinski definition) is 4. The lowest BCUT2D eigenvalue weighted by Gasteiger charge is -2.09. The summed E-state index contributed by atoms with van der Waals surface area (Å²) in [5.41, 5.74) is 1.71. The van der Waals surface area contributed by atoms with E-state index in [4.69, 9.17) is 0 Å². The zero-order valence-corrected chi connectivity index (χ0v) is 15.1. The third-order valence-electron chi connectivity index (χ3n) is 4.07. The molecule has 6 nitrogen and oxygen atoms in total. The van der Waals surface area contributed by atoms with Crippen LogP contribution in [-0.2, 0) is 23.9 Å². The first-order valence-corrected chi connectivity index (χ1v) is 8.59. The third kappa shape index (κ3) is 4.93. The van der Waals surface area contributed by atoms with Crippen molar-refractivity contribution in [2.24, 2.45) is 0 Å². The van der Waals surface area contributed by atoms with Crippen LogP contribution in [0.25, 0.3) is 11.4 Å². The zero-order chi connectivity index (χ0) is 20.1. The number of hydrogen-bond donors (Lipinski definition) is 1. The number of amides is 1. The van der Waals surface area contributed by atoms with Crippen molar-refractivity contribution in [1.82, 2.24) is 25.5 Å². The summed E-state index contributed by atoms with van der Waals surface area (Å²) in [6, 6.07) is 12.5. The lowest BCUT2D eigenvalue weighted by Crippen LogP contribution is -2.25. The Balaban J connectivity index is 1.76. The van der Waals surface area contributed by atoms with Crippen molar-refractivity contribution >= 4 is 5.91 Å². The molecule has 9 heteroatoms. The quantitative estimate of drug-likeness (QED) is 0.703. The van der Waals surface area contributed by atoms with Gasteiger partial charge >= 0.3 is 6.18 Å². The van der Waals surface area contributed by atoms with Gasteiger partial charge in [0.15, 0.2) is 0 Å². The van der Waals surface area contributed by atoms with Crippen LogP contribution in [0, 0.1) is 0 Å². The van der Waals surface area contributed by atoms with E-state index in [1.807, 2.05) is 24.3 Å². The molecule has 0 saturated heterocycles. The second-order valence-electron chi connectivity index (χ2n) is 6.22. The predicted molar refractivity (Wildman–Crippen MR) is 96.2 cm³/mol. The molecule has 2 aromatic carbocycles. The summed E-state index contributed by atoms with van der Waals surface area (Å²) in [4.78, 5) is 12.3. The summed E-state index contributed by atoms with van der Waals surface area (Å²) in [6.45, 7) is 2.20. The number of carbonyl (C=O) groups excluding carboxylic acids is 1. The molecule has 0 saturated carbocycles. The Hall–Kier alpha value is -3.23. The monoisotopic (exact) mass is 389 g/mol. The van der Waals surface area contributed by atoms with Crippen LogP contribution < -0.4 is 5.32 Å². The van der Waals surface area contributed by atoms with Gasteiger partial charge in [-0.3, -0.25) is 4.79 Å². The third-order valence-corrected chi connectivity index (χ3v) is 4.07. The average Bonchev–Trinajstić information content (AvgIpc) is 3.10. The van der Waals surface area contributed by atoms with E-state index in [1.54, 1.807) is 0 Å². The molecule has 0 fully saturated rings. The molecule has 0 spiro atoms. The molecule has 0 atom stereocenters. The minimum Gasteiger partial charge on any atom is -0.354 e. The summed E-state index contributed by atoms with van der Waals surface area (Å²) in [5.74, 6) is 0.285. The van der Waals surface area contributed by atoms with E-state index in [2.05, 4.69) is 20.7 Å². The standard InChI is InChI=1S/C19H18F3N5O/c1-13(28)23-10-11-27-25-18(24-26-27)17-5-3-2-4-15(17)12-14-6-8-16(9-7-14)19(20,21)22/h2-9H,10-12H2,1H3,(H,23,28). The SMILES string of the molecule is CC(=O)NCCn1nnc(-c2ccccc2Cc2ccc(C(F)(F)F)cc2)n1. The van der Waals surface area contributed by atoms with E-state index in [0.29, 0.717) is 25.3 Å². The number of alkyl halides is 3. The molecule has 0 bridgehead atoms. The Bertz CT molecular complexity index is 951. The molecular formula is C19H18F3N5O. The molecule has 0 radical (unpaired) electrons. The van der Waals surface area contributed by atoms with Gasteiger partial charge in [-0.2, -0.15) is 18.0 Å².